The van der Waals surface area contributed by atoms with E-state index in [1.54, 1.807) is 0 Å². The fourth-order valence-corrected chi connectivity index (χ4v) is 2.30. The highest BCUT2D eigenvalue weighted by molar-refractivity contribution is 5.81. The summed E-state index contributed by atoms with van der Waals surface area (Å²) in [6, 6.07) is 10.2. The van der Waals surface area contributed by atoms with Gasteiger partial charge < -0.3 is 4.42 Å². The van der Waals surface area contributed by atoms with Crippen molar-refractivity contribution in [3.63, 3.8) is 0 Å². The largest absolute Gasteiger partial charge is 0.464 e. The molecule has 0 spiro atoms. The summed E-state index contributed by atoms with van der Waals surface area (Å²) in [5.41, 5.74) is 4.20. The van der Waals surface area contributed by atoms with Crippen LogP contribution in [0.3, 0.4) is 0 Å². The number of hydrazine groups is 1. The zero-order chi connectivity index (χ0) is 14.1. The van der Waals surface area contributed by atoms with Crippen LogP contribution in [0.2, 0.25) is 0 Å². The third-order valence-electron chi connectivity index (χ3n) is 3.26. The van der Waals surface area contributed by atoms with Gasteiger partial charge in [0.15, 0.2) is 0 Å². The van der Waals surface area contributed by atoms with E-state index in [2.05, 4.69) is 5.43 Å². The fraction of sp³-hybridized carbons (Fsp3) is 0.0667. The van der Waals surface area contributed by atoms with Crippen LogP contribution in [0.1, 0.15) is 17.2 Å². The molecule has 3 aromatic rings. The van der Waals surface area contributed by atoms with Crippen molar-refractivity contribution >= 4 is 11.0 Å². The maximum absolute atomic E-state index is 13.9. The van der Waals surface area contributed by atoms with Crippen molar-refractivity contribution in [3.05, 3.63) is 71.5 Å². The lowest BCUT2D eigenvalue weighted by Crippen LogP contribution is -2.29. The Morgan fingerprint density at radius 3 is 2.60 bits per heavy atom. The van der Waals surface area contributed by atoms with Gasteiger partial charge in [-0.3, -0.25) is 5.84 Å². The molecule has 3 nitrogen and oxygen atoms in total. The summed E-state index contributed by atoms with van der Waals surface area (Å²) in [6.45, 7) is 0. The normalized spacial score (nSPS) is 12.8. The number of hydrogen-bond acceptors (Lipinski definition) is 3. The van der Waals surface area contributed by atoms with Gasteiger partial charge >= 0.3 is 0 Å². The first-order valence-corrected chi connectivity index (χ1v) is 6.08. The van der Waals surface area contributed by atoms with Crippen molar-refractivity contribution in [2.45, 2.75) is 6.04 Å². The highest BCUT2D eigenvalue weighted by atomic mass is 19.1. The van der Waals surface area contributed by atoms with Crippen LogP contribution in [0.5, 0.6) is 0 Å². The predicted molar refractivity (Wildman–Crippen MR) is 71.7 cm³/mol. The fourth-order valence-electron chi connectivity index (χ4n) is 2.30. The average Bonchev–Trinajstić information content (AvgIpc) is 2.86. The Morgan fingerprint density at radius 1 is 1.05 bits per heavy atom. The summed E-state index contributed by atoms with van der Waals surface area (Å²) in [5.74, 6) is 4.26. The van der Waals surface area contributed by atoms with Gasteiger partial charge in [-0.15, -0.1) is 0 Å². The van der Waals surface area contributed by atoms with Gasteiger partial charge in [-0.25, -0.2) is 14.2 Å². The van der Waals surface area contributed by atoms with E-state index in [1.165, 1.54) is 18.4 Å². The predicted octanol–water partition coefficient (Wildman–Crippen LogP) is 3.26. The van der Waals surface area contributed by atoms with Crippen molar-refractivity contribution in [3.8, 4) is 0 Å². The molecule has 3 rings (SSSR count). The van der Waals surface area contributed by atoms with E-state index < -0.39 is 17.7 Å². The van der Waals surface area contributed by atoms with Gasteiger partial charge in [-0.1, -0.05) is 24.3 Å². The van der Waals surface area contributed by atoms with Crippen LogP contribution in [0.25, 0.3) is 11.0 Å². The Morgan fingerprint density at radius 2 is 1.85 bits per heavy atom. The second-order valence-corrected chi connectivity index (χ2v) is 4.45. The molecule has 0 aliphatic heterocycles. The molecule has 102 valence electrons. The molecule has 1 unspecified atom stereocenters. The van der Waals surface area contributed by atoms with Crippen LogP contribution in [0, 0.1) is 11.6 Å². The lowest BCUT2D eigenvalue weighted by molar-refractivity contribution is 0.536. The number of furan rings is 1. The van der Waals surface area contributed by atoms with E-state index in [0.717, 1.165) is 11.5 Å². The maximum atomic E-state index is 13.9. The number of para-hydroxylation sites is 1. The summed E-state index contributed by atoms with van der Waals surface area (Å²) in [4.78, 5) is 0. The van der Waals surface area contributed by atoms with Crippen LogP contribution < -0.4 is 11.3 Å². The Bertz CT molecular complexity index is 754. The third-order valence-corrected chi connectivity index (χ3v) is 3.26. The van der Waals surface area contributed by atoms with Gasteiger partial charge in [0, 0.05) is 22.6 Å². The number of hydrogen-bond donors (Lipinski definition) is 2. The number of nitrogens with one attached hydrogen (secondary N) is 1. The van der Waals surface area contributed by atoms with Crippen LogP contribution in [0.15, 0.2) is 53.1 Å². The van der Waals surface area contributed by atoms with Crippen molar-refractivity contribution < 1.29 is 13.2 Å². The number of nitrogens with two attached hydrogens (primary N) is 1. The minimum absolute atomic E-state index is 0.264. The van der Waals surface area contributed by atoms with Crippen LogP contribution in [0.4, 0.5) is 8.78 Å². The highest BCUT2D eigenvalue weighted by Crippen LogP contribution is 2.31. The SMILES string of the molecule is NNC(c1ccc(F)cc1F)c1coc2ccccc12. The Balaban J connectivity index is 2.14. The first-order chi connectivity index (χ1) is 9.70. The molecule has 0 aliphatic carbocycles. The molecule has 1 aromatic heterocycles. The molecule has 1 heterocycles. The molecule has 20 heavy (non-hydrogen) atoms. The molecule has 0 aliphatic rings. The molecule has 0 saturated carbocycles. The second-order valence-electron chi connectivity index (χ2n) is 4.45. The zero-order valence-corrected chi connectivity index (χ0v) is 10.4. The Hall–Kier alpha value is -2.24. The molecule has 3 N–H and O–H groups in total. The smallest absolute Gasteiger partial charge is 0.134 e. The Kier molecular flexibility index (Phi) is 3.22. The molecule has 0 bridgehead atoms. The molecule has 0 fully saturated rings. The van der Waals surface area contributed by atoms with E-state index in [-0.39, 0.29) is 5.56 Å². The summed E-state index contributed by atoms with van der Waals surface area (Å²) < 4.78 is 32.3. The number of fused-ring (bicyclic) bond motifs is 1. The van der Waals surface area contributed by atoms with E-state index in [4.69, 9.17) is 10.3 Å². The Labute approximate surface area is 114 Å². The summed E-state index contributed by atoms with van der Waals surface area (Å²) in [5, 5.41) is 0.833. The molecular weight excluding hydrogens is 262 g/mol. The van der Waals surface area contributed by atoms with Crippen LogP contribution >= 0.6 is 0 Å². The van der Waals surface area contributed by atoms with E-state index in [9.17, 15) is 8.78 Å². The quantitative estimate of drug-likeness (QED) is 0.569. The lowest BCUT2D eigenvalue weighted by Gasteiger charge is -2.16. The monoisotopic (exact) mass is 274 g/mol. The van der Waals surface area contributed by atoms with Gasteiger partial charge in [0.05, 0.1) is 12.3 Å². The number of rotatable bonds is 3. The van der Waals surface area contributed by atoms with Gasteiger partial charge in [-0.05, 0) is 12.1 Å². The molecule has 0 saturated heterocycles. The molecule has 2 aromatic carbocycles. The van der Waals surface area contributed by atoms with Crippen LogP contribution in [-0.4, -0.2) is 0 Å². The standard InChI is InChI=1S/C15H12F2N2O/c16-9-5-6-11(13(17)7-9)15(19-18)12-8-20-14-4-2-1-3-10(12)14/h1-8,15,19H,18H2. The minimum atomic E-state index is -0.654. The van der Waals surface area contributed by atoms with Gasteiger partial charge in [-0.2, -0.15) is 0 Å². The van der Waals surface area contributed by atoms with E-state index in [1.807, 2.05) is 24.3 Å². The molecule has 0 radical (unpaired) electrons. The highest BCUT2D eigenvalue weighted by Gasteiger charge is 2.21. The van der Waals surface area contributed by atoms with E-state index in [0.29, 0.717) is 11.1 Å². The number of benzene rings is 2. The summed E-state index contributed by atoms with van der Waals surface area (Å²) in [6.07, 6.45) is 1.53. The minimum Gasteiger partial charge on any atom is -0.464 e. The first-order valence-electron chi connectivity index (χ1n) is 6.08. The van der Waals surface area contributed by atoms with Crippen molar-refractivity contribution in [2.75, 3.05) is 0 Å². The second kappa shape index (κ2) is 5.03. The summed E-state index contributed by atoms with van der Waals surface area (Å²) >= 11 is 0. The van der Waals surface area contributed by atoms with Crippen molar-refractivity contribution in [2.24, 2.45) is 5.84 Å². The summed E-state index contributed by atoms with van der Waals surface area (Å²) in [7, 11) is 0. The maximum Gasteiger partial charge on any atom is 0.134 e. The third kappa shape index (κ3) is 2.07. The first kappa shape index (κ1) is 12.8. The zero-order valence-electron chi connectivity index (χ0n) is 10.4. The average molecular weight is 274 g/mol. The van der Waals surface area contributed by atoms with Crippen LogP contribution in [-0.2, 0) is 0 Å². The lowest BCUT2D eigenvalue weighted by atomic mass is 9.98. The molecule has 0 amide bonds. The number of halogens is 2. The van der Waals surface area contributed by atoms with Crippen molar-refractivity contribution in [1.82, 2.24) is 5.43 Å². The molecule has 5 heteroatoms. The molecular formula is C15H12F2N2O. The van der Waals surface area contributed by atoms with E-state index >= 15 is 0 Å². The van der Waals surface area contributed by atoms with Gasteiger partial charge in [0.1, 0.15) is 17.2 Å². The molecule has 1 atom stereocenters. The van der Waals surface area contributed by atoms with Gasteiger partial charge in [0.25, 0.3) is 0 Å². The van der Waals surface area contributed by atoms with Crippen molar-refractivity contribution in [1.29, 1.82) is 0 Å². The topological polar surface area (TPSA) is 51.2 Å². The van der Waals surface area contributed by atoms with Gasteiger partial charge in [0.2, 0.25) is 0 Å².